The Kier molecular flexibility index (Phi) is 8.06. The molecule has 0 rings (SSSR count). The van der Waals surface area contributed by atoms with Crippen LogP contribution in [0.1, 0.15) is 6.92 Å². The summed E-state index contributed by atoms with van der Waals surface area (Å²) in [5.74, 6) is 3.04. The predicted octanol–water partition coefficient (Wildman–Crippen LogP) is 2.27. The number of thioether (sulfide) groups is 1. The van der Waals surface area contributed by atoms with Gasteiger partial charge in [0.15, 0.2) is 0 Å². The fourth-order valence-electron chi connectivity index (χ4n) is 0.427. The quantitative estimate of drug-likeness (QED) is 0.590. The molecule has 0 aromatic carbocycles. The van der Waals surface area contributed by atoms with Crippen molar-refractivity contribution < 1.29 is 0 Å². The molecule has 0 bridgehead atoms. The van der Waals surface area contributed by atoms with E-state index >= 15 is 0 Å². The molecule has 0 radical (unpaired) electrons. The summed E-state index contributed by atoms with van der Waals surface area (Å²) in [5, 5.41) is 0.922. The third kappa shape index (κ3) is 7.51. The van der Waals surface area contributed by atoms with Crippen molar-refractivity contribution in [2.24, 2.45) is 0 Å². The predicted molar refractivity (Wildman–Crippen MR) is 62.4 cm³/mol. The van der Waals surface area contributed by atoms with Crippen molar-refractivity contribution in [2.45, 2.75) is 17.4 Å². The van der Waals surface area contributed by atoms with E-state index in [4.69, 9.17) is 0 Å². The molecule has 62 valence electrons. The van der Waals surface area contributed by atoms with Crippen LogP contribution in [0.4, 0.5) is 0 Å². The minimum Gasteiger partial charge on any atom is -0.178 e. The van der Waals surface area contributed by atoms with Gasteiger partial charge < -0.3 is 0 Å². The molecule has 0 saturated heterocycles. The topological polar surface area (TPSA) is 0 Å². The number of hydrogen-bond donors (Lipinski definition) is 3. The van der Waals surface area contributed by atoms with Crippen molar-refractivity contribution >= 4 is 49.6 Å². The SMILES string of the molecule is CC(S)CSCC(S)CS. The highest BCUT2D eigenvalue weighted by Gasteiger charge is 2.00. The Hall–Kier alpha value is 1.40. The maximum Gasteiger partial charge on any atom is 0.0196 e. The summed E-state index contributed by atoms with van der Waals surface area (Å²) in [4.78, 5) is 0. The van der Waals surface area contributed by atoms with E-state index in [1.807, 2.05) is 11.8 Å². The van der Waals surface area contributed by atoms with Gasteiger partial charge in [0.1, 0.15) is 0 Å². The van der Waals surface area contributed by atoms with Crippen molar-refractivity contribution in [1.29, 1.82) is 0 Å². The first-order valence-electron chi connectivity index (χ1n) is 3.21. The van der Waals surface area contributed by atoms with Crippen LogP contribution in [0.3, 0.4) is 0 Å². The van der Waals surface area contributed by atoms with Crippen molar-refractivity contribution in [2.75, 3.05) is 17.3 Å². The Morgan fingerprint density at radius 1 is 1.30 bits per heavy atom. The summed E-state index contributed by atoms with van der Waals surface area (Å²) in [7, 11) is 0. The van der Waals surface area contributed by atoms with Crippen LogP contribution in [0, 0.1) is 0 Å². The van der Waals surface area contributed by atoms with Gasteiger partial charge >= 0.3 is 0 Å². The summed E-state index contributed by atoms with van der Waals surface area (Å²) in [6.07, 6.45) is 0. The Bertz CT molecular complexity index is 74.1. The lowest BCUT2D eigenvalue weighted by molar-refractivity contribution is 1.12. The van der Waals surface area contributed by atoms with E-state index in [2.05, 4.69) is 44.8 Å². The van der Waals surface area contributed by atoms with E-state index in [1.165, 1.54) is 0 Å². The van der Waals surface area contributed by atoms with E-state index < -0.39 is 0 Å². The van der Waals surface area contributed by atoms with Gasteiger partial charge in [-0.05, 0) is 0 Å². The first-order chi connectivity index (χ1) is 4.66. The maximum absolute atomic E-state index is 4.31. The fraction of sp³-hybridized carbons (Fsp3) is 1.00. The van der Waals surface area contributed by atoms with Crippen LogP contribution in [0.15, 0.2) is 0 Å². The Balaban J connectivity index is 3.03. The summed E-state index contributed by atoms with van der Waals surface area (Å²) in [5.41, 5.74) is 0. The zero-order valence-electron chi connectivity index (χ0n) is 6.03. The second-order valence-corrected chi connectivity index (χ2v) is 5.27. The van der Waals surface area contributed by atoms with Crippen molar-refractivity contribution in [3.05, 3.63) is 0 Å². The highest BCUT2D eigenvalue weighted by atomic mass is 32.2. The minimum absolute atomic E-state index is 0.431. The second-order valence-electron chi connectivity index (χ2n) is 2.22. The molecule has 0 spiro atoms. The molecule has 2 atom stereocenters. The summed E-state index contributed by atoms with van der Waals surface area (Å²) >= 11 is 14.6. The fourth-order valence-corrected chi connectivity index (χ4v) is 2.23. The molecule has 0 fully saturated rings. The Morgan fingerprint density at radius 3 is 2.30 bits per heavy atom. The molecular formula is C6H14S4. The van der Waals surface area contributed by atoms with Gasteiger partial charge in [-0.25, -0.2) is 0 Å². The van der Waals surface area contributed by atoms with Crippen LogP contribution in [0.2, 0.25) is 0 Å². The van der Waals surface area contributed by atoms with E-state index in [1.54, 1.807) is 0 Å². The molecule has 0 aliphatic rings. The molecule has 0 aromatic heterocycles. The first kappa shape index (κ1) is 11.4. The monoisotopic (exact) mass is 214 g/mol. The molecule has 0 aliphatic heterocycles. The molecule has 2 unspecified atom stereocenters. The average molecular weight is 214 g/mol. The van der Waals surface area contributed by atoms with Gasteiger partial charge in [-0.2, -0.15) is 49.6 Å². The highest BCUT2D eigenvalue weighted by molar-refractivity contribution is 8.00. The van der Waals surface area contributed by atoms with Crippen LogP contribution >= 0.6 is 49.6 Å². The molecule has 0 N–H and O–H groups in total. The highest BCUT2D eigenvalue weighted by Crippen LogP contribution is 2.11. The normalized spacial score (nSPS) is 16.8. The molecular weight excluding hydrogens is 200 g/mol. The lowest BCUT2D eigenvalue weighted by Gasteiger charge is -2.07. The van der Waals surface area contributed by atoms with Gasteiger partial charge in [-0.3, -0.25) is 0 Å². The van der Waals surface area contributed by atoms with E-state index in [9.17, 15) is 0 Å². The van der Waals surface area contributed by atoms with Gasteiger partial charge in [-0.15, -0.1) is 0 Å². The van der Waals surface area contributed by atoms with Crippen molar-refractivity contribution in [1.82, 2.24) is 0 Å². The van der Waals surface area contributed by atoms with E-state index in [0.29, 0.717) is 10.5 Å². The molecule has 0 nitrogen and oxygen atoms in total. The molecule has 0 aromatic rings. The van der Waals surface area contributed by atoms with Crippen molar-refractivity contribution in [3.8, 4) is 0 Å². The van der Waals surface area contributed by atoms with Gasteiger partial charge in [0.2, 0.25) is 0 Å². The molecule has 4 heteroatoms. The standard InChI is InChI=1S/C6H14S4/c1-5(8)3-10-4-6(9)2-7/h5-9H,2-4H2,1H3. The van der Waals surface area contributed by atoms with Crippen molar-refractivity contribution in [3.63, 3.8) is 0 Å². The van der Waals surface area contributed by atoms with E-state index in [0.717, 1.165) is 17.3 Å². The van der Waals surface area contributed by atoms with Crippen LogP contribution < -0.4 is 0 Å². The number of hydrogen-bond acceptors (Lipinski definition) is 4. The maximum atomic E-state index is 4.31. The molecule has 10 heavy (non-hydrogen) atoms. The largest absolute Gasteiger partial charge is 0.178 e. The number of rotatable bonds is 5. The molecule has 0 saturated carbocycles. The van der Waals surface area contributed by atoms with Gasteiger partial charge in [0.05, 0.1) is 0 Å². The summed E-state index contributed by atoms with van der Waals surface area (Å²) in [6.45, 7) is 2.10. The van der Waals surface area contributed by atoms with Gasteiger partial charge in [0, 0.05) is 27.8 Å². The lowest BCUT2D eigenvalue weighted by atomic mass is 10.5. The number of thiol groups is 3. The Morgan fingerprint density at radius 2 is 1.90 bits per heavy atom. The van der Waals surface area contributed by atoms with Crippen LogP contribution in [0.25, 0.3) is 0 Å². The first-order valence-corrected chi connectivity index (χ1v) is 6.03. The van der Waals surface area contributed by atoms with Gasteiger partial charge in [-0.1, -0.05) is 6.92 Å². The smallest absolute Gasteiger partial charge is 0.0196 e. The minimum atomic E-state index is 0.431. The van der Waals surface area contributed by atoms with Crippen LogP contribution in [0.5, 0.6) is 0 Å². The second kappa shape index (κ2) is 7.07. The third-order valence-corrected chi connectivity index (χ3v) is 4.02. The summed E-state index contributed by atoms with van der Waals surface area (Å²) in [6, 6.07) is 0. The van der Waals surface area contributed by atoms with Gasteiger partial charge in [0.25, 0.3) is 0 Å². The zero-order valence-corrected chi connectivity index (χ0v) is 9.53. The third-order valence-electron chi connectivity index (χ3n) is 0.880. The molecule has 0 heterocycles. The lowest BCUT2D eigenvalue weighted by Crippen LogP contribution is -2.06. The van der Waals surface area contributed by atoms with E-state index in [-0.39, 0.29) is 0 Å². The molecule has 0 aliphatic carbocycles. The zero-order chi connectivity index (χ0) is 7.98. The Labute approximate surface area is 84.2 Å². The van der Waals surface area contributed by atoms with Crippen LogP contribution in [-0.2, 0) is 0 Å². The molecule has 0 amide bonds. The summed E-state index contributed by atoms with van der Waals surface area (Å²) < 4.78 is 0. The average Bonchev–Trinajstić information content (AvgIpc) is 1.87. The van der Waals surface area contributed by atoms with Crippen LogP contribution in [-0.4, -0.2) is 27.8 Å².